The molecule has 1 aliphatic carbocycles. The molecule has 9 heteroatoms. The lowest BCUT2D eigenvalue weighted by Gasteiger charge is -2.44. The highest BCUT2D eigenvalue weighted by Crippen LogP contribution is 2.38. The number of nitrogens with one attached hydrogen (secondary N) is 1. The number of pyridine rings is 1. The number of nitrogens with zero attached hydrogens (tertiary/aromatic N) is 4. The summed E-state index contributed by atoms with van der Waals surface area (Å²) in [6.45, 7) is 0.675. The SMILES string of the molecule is O=C(c1cccnc1)N1CCCC2(C1)C(=NC1CCCC1)NC(=O)N2c1cc(F)cc(F)c1. The van der Waals surface area contributed by atoms with Crippen LogP contribution >= 0.6 is 0 Å². The Morgan fingerprint density at radius 3 is 2.61 bits per heavy atom. The van der Waals surface area contributed by atoms with E-state index in [9.17, 15) is 18.4 Å². The first-order valence-electron chi connectivity index (χ1n) is 11.3. The van der Waals surface area contributed by atoms with Crippen molar-refractivity contribution in [2.45, 2.75) is 50.1 Å². The topological polar surface area (TPSA) is 77.9 Å². The first-order valence-corrected chi connectivity index (χ1v) is 11.3. The second-order valence-electron chi connectivity index (χ2n) is 8.91. The van der Waals surface area contributed by atoms with E-state index in [4.69, 9.17) is 4.99 Å². The maximum atomic E-state index is 14.1. The molecule has 1 saturated carbocycles. The standard InChI is InChI=1S/C24H25F2N5O2/c25-17-11-18(26)13-20(12-17)31-23(33)29-22(28-19-6-1-2-7-19)24(31)8-4-10-30(15-24)21(32)16-5-3-9-27-14-16/h3,5,9,11-14,19H,1-2,4,6-8,10,15H2,(H,28,29,33). The van der Waals surface area contributed by atoms with Crippen LogP contribution in [0.1, 0.15) is 48.9 Å². The summed E-state index contributed by atoms with van der Waals surface area (Å²) in [6.07, 6.45) is 8.26. The average molecular weight is 453 g/mol. The van der Waals surface area contributed by atoms with Crippen LogP contribution in [-0.2, 0) is 0 Å². The number of urea groups is 1. The molecule has 1 N–H and O–H groups in total. The molecule has 33 heavy (non-hydrogen) atoms. The normalized spacial score (nSPS) is 24.7. The van der Waals surface area contributed by atoms with Gasteiger partial charge in [0.15, 0.2) is 0 Å². The number of halogens is 2. The number of anilines is 1. The van der Waals surface area contributed by atoms with Crippen molar-refractivity contribution in [2.24, 2.45) is 4.99 Å². The Kier molecular flexibility index (Phi) is 5.55. The molecule has 3 heterocycles. The number of benzene rings is 1. The van der Waals surface area contributed by atoms with Crippen molar-refractivity contribution in [1.29, 1.82) is 0 Å². The molecule has 2 aliphatic heterocycles. The van der Waals surface area contributed by atoms with Crippen LogP contribution in [0.4, 0.5) is 19.3 Å². The molecule has 2 saturated heterocycles. The number of hydrogen-bond donors (Lipinski definition) is 1. The minimum atomic E-state index is -1.02. The largest absolute Gasteiger partial charge is 0.336 e. The number of rotatable bonds is 3. The fourth-order valence-electron chi connectivity index (χ4n) is 5.23. The summed E-state index contributed by atoms with van der Waals surface area (Å²) < 4.78 is 28.2. The van der Waals surface area contributed by atoms with E-state index < -0.39 is 23.2 Å². The van der Waals surface area contributed by atoms with Gasteiger partial charge < -0.3 is 4.90 Å². The Hall–Kier alpha value is -3.36. The zero-order valence-corrected chi connectivity index (χ0v) is 18.1. The molecule has 1 unspecified atom stereocenters. The lowest BCUT2D eigenvalue weighted by atomic mass is 9.86. The molecule has 1 aromatic heterocycles. The highest BCUT2D eigenvalue weighted by atomic mass is 19.1. The molecular weight excluding hydrogens is 428 g/mol. The molecule has 3 fully saturated rings. The molecule has 5 rings (SSSR count). The fourth-order valence-corrected chi connectivity index (χ4v) is 5.23. The second-order valence-corrected chi connectivity index (χ2v) is 8.91. The first-order chi connectivity index (χ1) is 16.0. The van der Waals surface area contributed by atoms with E-state index in [0.29, 0.717) is 30.8 Å². The molecule has 1 aromatic carbocycles. The van der Waals surface area contributed by atoms with Crippen molar-refractivity contribution in [2.75, 3.05) is 18.0 Å². The molecule has 1 atom stereocenters. The third kappa shape index (κ3) is 3.96. The highest BCUT2D eigenvalue weighted by molar-refractivity contribution is 6.19. The van der Waals surface area contributed by atoms with Gasteiger partial charge in [-0.2, -0.15) is 0 Å². The van der Waals surface area contributed by atoms with E-state index in [0.717, 1.165) is 43.9 Å². The summed E-state index contributed by atoms with van der Waals surface area (Å²) >= 11 is 0. The Balaban J connectivity index is 1.57. The zero-order valence-electron chi connectivity index (χ0n) is 18.1. The molecule has 3 amide bonds. The predicted molar refractivity (Wildman–Crippen MR) is 119 cm³/mol. The van der Waals surface area contributed by atoms with Crippen LogP contribution in [0.15, 0.2) is 47.7 Å². The monoisotopic (exact) mass is 453 g/mol. The van der Waals surface area contributed by atoms with Gasteiger partial charge >= 0.3 is 6.03 Å². The second kappa shape index (κ2) is 8.53. The minimum absolute atomic E-state index is 0.0887. The van der Waals surface area contributed by atoms with Gasteiger partial charge in [0.05, 0.1) is 23.8 Å². The lowest BCUT2D eigenvalue weighted by Crippen LogP contribution is -2.61. The summed E-state index contributed by atoms with van der Waals surface area (Å²) in [4.78, 5) is 38.4. The van der Waals surface area contributed by atoms with Crippen LogP contribution in [-0.4, -0.2) is 52.3 Å². The van der Waals surface area contributed by atoms with Gasteiger partial charge in [-0.3, -0.25) is 25.0 Å². The number of carbonyl (C=O) groups is 2. The van der Waals surface area contributed by atoms with E-state index in [1.807, 2.05) is 0 Å². The molecule has 3 aliphatic rings. The highest BCUT2D eigenvalue weighted by Gasteiger charge is 2.54. The van der Waals surface area contributed by atoms with Crippen molar-refractivity contribution in [1.82, 2.24) is 15.2 Å². The summed E-state index contributed by atoms with van der Waals surface area (Å²) in [5, 5.41) is 2.87. The minimum Gasteiger partial charge on any atom is -0.336 e. The van der Waals surface area contributed by atoms with Gasteiger partial charge in [-0.1, -0.05) is 12.8 Å². The molecular formula is C24H25F2N5O2. The maximum absolute atomic E-state index is 14.1. The number of amides is 3. The molecule has 1 spiro atoms. The van der Waals surface area contributed by atoms with Gasteiger partial charge in [0, 0.05) is 25.0 Å². The van der Waals surface area contributed by atoms with E-state index in [1.54, 1.807) is 23.2 Å². The van der Waals surface area contributed by atoms with Crippen molar-refractivity contribution in [3.63, 3.8) is 0 Å². The van der Waals surface area contributed by atoms with Gasteiger partial charge in [0.1, 0.15) is 23.0 Å². The molecule has 0 radical (unpaired) electrons. The average Bonchev–Trinajstić information content (AvgIpc) is 3.40. The van der Waals surface area contributed by atoms with Crippen molar-refractivity contribution < 1.29 is 18.4 Å². The number of piperidine rings is 1. The Bertz CT molecular complexity index is 1080. The van der Waals surface area contributed by atoms with Crippen LogP contribution < -0.4 is 10.2 Å². The van der Waals surface area contributed by atoms with Gasteiger partial charge in [-0.15, -0.1) is 0 Å². The third-order valence-electron chi connectivity index (χ3n) is 6.71. The van der Waals surface area contributed by atoms with Gasteiger partial charge in [-0.05, 0) is 49.9 Å². The first kappa shape index (κ1) is 21.5. The van der Waals surface area contributed by atoms with Crippen LogP contribution in [0.3, 0.4) is 0 Å². The van der Waals surface area contributed by atoms with E-state index in [2.05, 4.69) is 10.3 Å². The van der Waals surface area contributed by atoms with E-state index in [1.165, 1.54) is 11.1 Å². The van der Waals surface area contributed by atoms with Crippen molar-refractivity contribution in [3.8, 4) is 0 Å². The third-order valence-corrected chi connectivity index (χ3v) is 6.71. The Morgan fingerprint density at radius 2 is 1.91 bits per heavy atom. The quantitative estimate of drug-likeness (QED) is 0.766. The van der Waals surface area contributed by atoms with Crippen molar-refractivity contribution >= 4 is 23.5 Å². The van der Waals surface area contributed by atoms with Crippen molar-refractivity contribution in [3.05, 3.63) is 59.9 Å². The van der Waals surface area contributed by atoms with Gasteiger partial charge in [0.25, 0.3) is 5.91 Å². The van der Waals surface area contributed by atoms with Crippen LogP contribution in [0.2, 0.25) is 0 Å². The molecule has 0 bridgehead atoms. The summed E-state index contributed by atoms with van der Waals surface area (Å²) in [5.74, 6) is -1.26. The lowest BCUT2D eigenvalue weighted by molar-refractivity contribution is 0.0686. The van der Waals surface area contributed by atoms with Gasteiger partial charge in [0.2, 0.25) is 0 Å². The number of carbonyl (C=O) groups excluding carboxylic acids is 2. The summed E-state index contributed by atoms with van der Waals surface area (Å²) in [7, 11) is 0. The Labute approximate surface area is 190 Å². The number of amidine groups is 1. The van der Waals surface area contributed by atoms with Crippen LogP contribution in [0.25, 0.3) is 0 Å². The van der Waals surface area contributed by atoms with E-state index >= 15 is 0 Å². The fraction of sp³-hybridized carbons (Fsp3) is 0.417. The molecule has 7 nitrogen and oxygen atoms in total. The van der Waals surface area contributed by atoms with Crippen LogP contribution in [0.5, 0.6) is 0 Å². The smallest absolute Gasteiger partial charge is 0.328 e. The number of hydrogen-bond acceptors (Lipinski definition) is 4. The number of aliphatic imine (C=N–C) groups is 1. The predicted octanol–water partition coefficient (Wildman–Crippen LogP) is 3.91. The number of aromatic nitrogens is 1. The molecule has 2 aromatic rings. The molecule has 172 valence electrons. The summed E-state index contributed by atoms with van der Waals surface area (Å²) in [6, 6.07) is 6.05. The zero-order chi connectivity index (χ0) is 23.0. The van der Waals surface area contributed by atoms with E-state index in [-0.39, 0.29) is 24.2 Å². The number of likely N-dealkylation sites (tertiary alicyclic amines) is 1. The maximum Gasteiger partial charge on any atom is 0.328 e. The van der Waals surface area contributed by atoms with Crippen LogP contribution in [0, 0.1) is 11.6 Å². The van der Waals surface area contributed by atoms with Gasteiger partial charge in [-0.25, -0.2) is 13.6 Å². The summed E-state index contributed by atoms with van der Waals surface area (Å²) in [5.41, 5.74) is -0.461. The Morgan fingerprint density at radius 1 is 1.15 bits per heavy atom.